The second-order valence-electron chi connectivity index (χ2n) is 9.52. The number of benzene rings is 3. The van der Waals surface area contributed by atoms with Crippen molar-refractivity contribution in [2.75, 3.05) is 0 Å². The van der Waals surface area contributed by atoms with Crippen molar-refractivity contribution in [3.63, 3.8) is 0 Å². The van der Waals surface area contributed by atoms with Gasteiger partial charge in [0.05, 0.1) is 22.3 Å². The van der Waals surface area contributed by atoms with Crippen molar-refractivity contribution in [1.29, 1.82) is 0 Å². The molecule has 34 heavy (non-hydrogen) atoms. The second kappa shape index (κ2) is 7.84. The molecule has 0 atom stereocenters. The first-order chi connectivity index (χ1) is 16.5. The van der Waals surface area contributed by atoms with Gasteiger partial charge in [0.25, 0.3) is 0 Å². The fourth-order valence-electron chi connectivity index (χ4n) is 5.00. The Labute approximate surface area is 198 Å². The van der Waals surface area contributed by atoms with Gasteiger partial charge in [-0.05, 0) is 41.2 Å². The molecular formula is C30H27N3O. The minimum Gasteiger partial charge on any atom is -0.455 e. The summed E-state index contributed by atoms with van der Waals surface area (Å²) in [6.45, 7) is 9.01. The first-order valence-electron chi connectivity index (χ1n) is 11.9. The Morgan fingerprint density at radius 2 is 1.44 bits per heavy atom. The van der Waals surface area contributed by atoms with Crippen LogP contribution in [0.4, 0.5) is 0 Å². The Morgan fingerprint density at radius 3 is 2.21 bits per heavy atom. The zero-order chi connectivity index (χ0) is 23.4. The van der Waals surface area contributed by atoms with Crippen LogP contribution in [0.5, 0.6) is 0 Å². The molecular weight excluding hydrogens is 418 g/mol. The topological polar surface area (TPSA) is 43.9 Å². The second-order valence-corrected chi connectivity index (χ2v) is 9.52. The quantitative estimate of drug-likeness (QED) is 0.274. The lowest BCUT2D eigenvalue weighted by molar-refractivity contribution is 0.669. The maximum Gasteiger partial charge on any atom is 0.151 e. The van der Waals surface area contributed by atoms with Crippen molar-refractivity contribution in [3.8, 4) is 17.1 Å². The van der Waals surface area contributed by atoms with Crippen molar-refractivity contribution >= 4 is 33.0 Å². The summed E-state index contributed by atoms with van der Waals surface area (Å²) in [7, 11) is 0. The number of fused-ring (bicyclic) bond motifs is 4. The lowest BCUT2D eigenvalue weighted by atomic mass is 9.92. The number of hydrogen-bond donors (Lipinski definition) is 0. The Balaban J connectivity index is 1.77. The summed E-state index contributed by atoms with van der Waals surface area (Å²) in [5, 5.41) is 2.08. The summed E-state index contributed by atoms with van der Waals surface area (Å²) >= 11 is 0. The van der Waals surface area contributed by atoms with Crippen LogP contribution in [0, 0.1) is 0 Å². The third kappa shape index (κ3) is 3.06. The number of hydrogen-bond acceptors (Lipinski definition) is 3. The van der Waals surface area contributed by atoms with Gasteiger partial charge in [-0.25, -0.2) is 4.98 Å². The van der Waals surface area contributed by atoms with Crippen LogP contribution in [0.2, 0.25) is 0 Å². The van der Waals surface area contributed by atoms with Crippen molar-refractivity contribution < 1.29 is 4.42 Å². The van der Waals surface area contributed by atoms with Gasteiger partial charge in [-0.3, -0.25) is 9.55 Å². The molecule has 0 saturated heterocycles. The van der Waals surface area contributed by atoms with Gasteiger partial charge in [0.1, 0.15) is 11.2 Å². The van der Waals surface area contributed by atoms with Gasteiger partial charge in [0.2, 0.25) is 0 Å². The Bertz CT molecular complexity index is 1640. The van der Waals surface area contributed by atoms with Gasteiger partial charge in [0.15, 0.2) is 5.82 Å². The maximum atomic E-state index is 6.39. The molecule has 0 saturated carbocycles. The van der Waals surface area contributed by atoms with Crippen molar-refractivity contribution in [2.45, 2.75) is 39.5 Å². The molecule has 3 aromatic carbocycles. The third-order valence-electron chi connectivity index (χ3n) is 6.65. The van der Waals surface area contributed by atoms with E-state index in [0.29, 0.717) is 11.8 Å². The van der Waals surface area contributed by atoms with Gasteiger partial charge in [-0.2, -0.15) is 0 Å². The van der Waals surface area contributed by atoms with E-state index in [4.69, 9.17) is 9.40 Å². The van der Waals surface area contributed by atoms with Crippen LogP contribution in [0.15, 0.2) is 83.5 Å². The molecule has 0 aliphatic carbocycles. The number of pyridine rings is 1. The van der Waals surface area contributed by atoms with E-state index in [9.17, 15) is 0 Å². The Kier molecular flexibility index (Phi) is 4.77. The van der Waals surface area contributed by atoms with Crippen molar-refractivity contribution in [2.24, 2.45) is 0 Å². The highest BCUT2D eigenvalue weighted by Crippen LogP contribution is 2.40. The summed E-state index contributed by atoms with van der Waals surface area (Å²) in [4.78, 5) is 9.76. The highest BCUT2D eigenvalue weighted by atomic mass is 16.3. The number of rotatable bonds is 4. The molecule has 3 heterocycles. The lowest BCUT2D eigenvalue weighted by Crippen LogP contribution is -2.08. The predicted molar refractivity (Wildman–Crippen MR) is 140 cm³/mol. The molecule has 3 aromatic heterocycles. The largest absolute Gasteiger partial charge is 0.455 e. The summed E-state index contributed by atoms with van der Waals surface area (Å²) in [5.41, 5.74) is 8.45. The molecule has 0 unspecified atom stereocenters. The summed E-state index contributed by atoms with van der Waals surface area (Å²) in [5.74, 6) is 1.58. The molecule has 0 N–H and O–H groups in total. The molecule has 0 spiro atoms. The summed E-state index contributed by atoms with van der Waals surface area (Å²) in [6.07, 6.45) is 3.77. The number of nitrogens with zero attached hydrogens (tertiary/aromatic N) is 3. The molecule has 0 aliphatic heterocycles. The summed E-state index contributed by atoms with van der Waals surface area (Å²) in [6, 6.07) is 23.1. The number of furan rings is 1. The highest BCUT2D eigenvalue weighted by Gasteiger charge is 2.24. The zero-order valence-electron chi connectivity index (χ0n) is 19.9. The fourth-order valence-corrected chi connectivity index (χ4v) is 5.00. The minimum absolute atomic E-state index is 0.364. The van der Waals surface area contributed by atoms with E-state index in [0.717, 1.165) is 44.4 Å². The average Bonchev–Trinajstić information content (AvgIpc) is 3.42. The van der Waals surface area contributed by atoms with Gasteiger partial charge < -0.3 is 4.42 Å². The van der Waals surface area contributed by atoms with Gasteiger partial charge in [-0.15, -0.1) is 0 Å². The SMILES string of the molecule is CC(C)c1cccc(C(C)C)c1-n1c(-c2cncc3c2oc2ccccc23)nc2ccccc21. The van der Waals surface area contributed by atoms with Crippen molar-refractivity contribution in [3.05, 3.63) is 90.3 Å². The molecule has 0 fully saturated rings. The monoisotopic (exact) mass is 445 g/mol. The zero-order valence-corrected chi connectivity index (χ0v) is 19.9. The Morgan fingerprint density at radius 1 is 0.735 bits per heavy atom. The van der Waals surface area contributed by atoms with Crippen LogP contribution in [0.1, 0.15) is 50.7 Å². The molecule has 6 rings (SSSR count). The molecule has 6 aromatic rings. The average molecular weight is 446 g/mol. The van der Waals surface area contributed by atoms with Crippen LogP contribution >= 0.6 is 0 Å². The molecule has 0 bridgehead atoms. The van der Waals surface area contributed by atoms with Crippen LogP contribution < -0.4 is 0 Å². The van der Waals surface area contributed by atoms with E-state index in [1.165, 1.54) is 16.8 Å². The molecule has 0 aliphatic rings. The van der Waals surface area contributed by atoms with E-state index >= 15 is 0 Å². The maximum absolute atomic E-state index is 6.39. The van der Waals surface area contributed by atoms with E-state index in [1.54, 1.807) is 0 Å². The molecule has 168 valence electrons. The first kappa shape index (κ1) is 20.7. The normalized spacial score (nSPS) is 12.1. The van der Waals surface area contributed by atoms with Crippen LogP contribution in [-0.2, 0) is 0 Å². The molecule has 0 radical (unpaired) electrons. The van der Waals surface area contributed by atoms with E-state index in [-0.39, 0.29) is 0 Å². The number of para-hydroxylation sites is 4. The summed E-state index contributed by atoms with van der Waals surface area (Å²) < 4.78 is 8.71. The standard InChI is InChI=1S/C30H27N3O/c1-18(2)20-11-9-12-21(19(3)4)28(20)33-26-14-7-6-13-25(26)32-30(33)24-17-31-16-23-22-10-5-8-15-27(22)34-29(23)24/h5-19H,1-4H3. The predicted octanol–water partition coefficient (Wildman–Crippen LogP) is 8.23. The smallest absolute Gasteiger partial charge is 0.151 e. The molecule has 4 heteroatoms. The van der Waals surface area contributed by atoms with E-state index in [2.05, 4.69) is 79.7 Å². The number of imidazole rings is 1. The molecule has 4 nitrogen and oxygen atoms in total. The van der Waals surface area contributed by atoms with Crippen LogP contribution in [0.3, 0.4) is 0 Å². The minimum atomic E-state index is 0.364. The Hall–Kier alpha value is -3.92. The number of aromatic nitrogens is 3. The van der Waals surface area contributed by atoms with E-state index in [1.807, 2.05) is 36.7 Å². The van der Waals surface area contributed by atoms with E-state index < -0.39 is 0 Å². The van der Waals surface area contributed by atoms with Gasteiger partial charge in [-0.1, -0.05) is 76.2 Å². The van der Waals surface area contributed by atoms with Gasteiger partial charge >= 0.3 is 0 Å². The van der Waals surface area contributed by atoms with Crippen LogP contribution in [0.25, 0.3) is 50.0 Å². The molecule has 0 amide bonds. The van der Waals surface area contributed by atoms with Gasteiger partial charge in [0, 0.05) is 23.2 Å². The lowest BCUT2D eigenvalue weighted by Gasteiger charge is -2.22. The fraction of sp³-hybridized carbons (Fsp3) is 0.200. The first-order valence-corrected chi connectivity index (χ1v) is 11.9. The van der Waals surface area contributed by atoms with Crippen LogP contribution in [-0.4, -0.2) is 14.5 Å². The van der Waals surface area contributed by atoms with Crippen molar-refractivity contribution in [1.82, 2.24) is 14.5 Å². The third-order valence-corrected chi connectivity index (χ3v) is 6.65. The highest BCUT2D eigenvalue weighted by molar-refractivity contribution is 6.09.